The Bertz CT molecular complexity index is 814. The van der Waals surface area contributed by atoms with Crippen molar-refractivity contribution in [1.29, 1.82) is 5.26 Å². The van der Waals surface area contributed by atoms with E-state index in [1.54, 1.807) is 0 Å². The van der Waals surface area contributed by atoms with Crippen LogP contribution in [0.5, 0.6) is 0 Å². The topological polar surface area (TPSA) is 59.4 Å². The van der Waals surface area contributed by atoms with Crippen LogP contribution in [0.25, 0.3) is 0 Å². The van der Waals surface area contributed by atoms with Gasteiger partial charge in [-0.3, -0.25) is 9.69 Å². The first kappa shape index (κ1) is 19.4. The van der Waals surface area contributed by atoms with E-state index in [4.69, 9.17) is 5.26 Å². The lowest BCUT2D eigenvalue weighted by Gasteiger charge is -2.27. The molecule has 0 aliphatic carbocycles. The minimum atomic E-state index is -0.186. The second-order valence-corrected chi connectivity index (χ2v) is 7.62. The largest absolute Gasteiger partial charge is 0.370 e. The Morgan fingerprint density at radius 2 is 1.78 bits per heavy atom. The van der Waals surface area contributed by atoms with Crippen LogP contribution in [-0.4, -0.2) is 43.0 Å². The number of anilines is 2. The van der Waals surface area contributed by atoms with Gasteiger partial charge in [0.25, 0.3) is 0 Å². The zero-order valence-corrected chi connectivity index (χ0v) is 16.9. The van der Waals surface area contributed by atoms with E-state index >= 15 is 0 Å². The van der Waals surface area contributed by atoms with Gasteiger partial charge in [-0.05, 0) is 61.9 Å². The van der Waals surface area contributed by atoms with E-state index in [-0.39, 0.29) is 11.9 Å². The summed E-state index contributed by atoms with van der Waals surface area (Å²) in [5, 5.41) is 11.9. The molecule has 1 N–H and O–H groups in total. The third-order valence-corrected chi connectivity index (χ3v) is 5.46. The number of benzene rings is 2. The van der Waals surface area contributed by atoms with E-state index in [1.807, 2.05) is 55.5 Å². The highest BCUT2D eigenvalue weighted by molar-refractivity contribution is 9.10. The Labute approximate surface area is 168 Å². The Kier molecular flexibility index (Phi) is 6.49. The molecular weight excluding hydrogens is 404 g/mol. The molecule has 2 aromatic rings. The number of halogens is 1. The molecule has 3 rings (SSSR count). The second-order valence-electron chi connectivity index (χ2n) is 6.71. The van der Waals surface area contributed by atoms with Crippen LogP contribution in [0.1, 0.15) is 18.9 Å². The lowest BCUT2D eigenvalue weighted by molar-refractivity contribution is -0.120. The van der Waals surface area contributed by atoms with E-state index in [2.05, 4.69) is 37.1 Å². The van der Waals surface area contributed by atoms with Crippen molar-refractivity contribution in [1.82, 2.24) is 4.90 Å². The molecule has 2 aromatic carbocycles. The fraction of sp³-hybridized carbons (Fsp3) is 0.333. The predicted octanol–water partition coefficient (Wildman–Crippen LogP) is 3.86. The van der Waals surface area contributed by atoms with Crippen LogP contribution < -0.4 is 10.2 Å². The number of nitriles is 1. The lowest BCUT2D eigenvalue weighted by atomic mass is 10.2. The number of nitrogens with zero attached hydrogens (tertiary/aromatic N) is 3. The number of rotatable bonds is 4. The first-order valence-corrected chi connectivity index (χ1v) is 9.92. The standard InChI is InChI=1S/C21H23BrN4O/c1-16(21(27)24-19-7-5-18(22)6-8-19)25-11-2-12-26(14-13-25)20-9-3-17(15-23)4-10-20/h3-10,16H,2,11-14H2,1H3,(H,24,27). The highest BCUT2D eigenvalue weighted by Gasteiger charge is 2.24. The number of amides is 1. The van der Waals surface area contributed by atoms with Crippen molar-refractivity contribution in [2.45, 2.75) is 19.4 Å². The van der Waals surface area contributed by atoms with Crippen LogP contribution in [0.3, 0.4) is 0 Å². The third kappa shape index (κ3) is 5.09. The van der Waals surface area contributed by atoms with Gasteiger partial charge in [0.1, 0.15) is 0 Å². The normalized spacial score (nSPS) is 16.3. The van der Waals surface area contributed by atoms with E-state index in [0.717, 1.165) is 48.4 Å². The van der Waals surface area contributed by atoms with Crippen molar-refractivity contribution >= 4 is 33.2 Å². The average molecular weight is 427 g/mol. The smallest absolute Gasteiger partial charge is 0.241 e. The lowest BCUT2D eigenvalue weighted by Crippen LogP contribution is -2.43. The molecule has 0 saturated carbocycles. The molecule has 1 aliphatic heterocycles. The van der Waals surface area contributed by atoms with Crippen LogP contribution in [0.2, 0.25) is 0 Å². The monoisotopic (exact) mass is 426 g/mol. The van der Waals surface area contributed by atoms with Crippen molar-refractivity contribution in [3.63, 3.8) is 0 Å². The van der Waals surface area contributed by atoms with Gasteiger partial charge in [-0.25, -0.2) is 0 Å². The van der Waals surface area contributed by atoms with Crippen LogP contribution >= 0.6 is 15.9 Å². The molecule has 6 heteroatoms. The molecule has 0 radical (unpaired) electrons. The number of carbonyl (C=O) groups excluding carboxylic acids is 1. The van der Waals surface area contributed by atoms with Gasteiger partial charge in [0.05, 0.1) is 17.7 Å². The zero-order chi connectivity index (χ0) is 19.2. The molecule has 1 atom stereocenters. The Balaban J connectivity index is 1.58. The molecule has 1 amide bonds. The molecular formula is C21H23BrN4O. The Morgan fingerprint density at radius 3 is 2.44 bits per heavy atom. The molecule has 1 unspecified atom stereocenters. The summed E-state index contributed by atoms with van der Waals surface area (Å²) in [5.41, 5.74) is 2.61. The van der Waals surface area contributed by atoms with Crippen LogP contribution in [0.4, 0.5) is 11.4 Å². The highest BCUT2D eigenvalue weighted by atomic mass is 79.9. The summed E-state index contributed by atoms with van der Waals surface area (Å²) < 4.78 is 0.990. The summed E-state index contributed by atoms with van der Waals surface area (Å²) in [6, 6.07) is 17.3. The molecule has 1 fully saturated rings. The fourth-order valence-corrected chi connectivity index (χ4v) is 3.54. The number of nitrogens with one attached hydrogen (secondary N) is 1. The maximum absolute atomic E-state index is 12.6. The molecule has 1 aliphatic rings. The first-order valence-electron chi connectivity index (χ1n) is 9.12. The van der Waals surface area contributed by atoms with Crippen LogP contribution in [0.15, 0.2) is 53.0 Å². The zero-order valence-electron chi connectivity index (χ0n) is 15.4. The Morgan fingerprint density at radius 1 is 1.07 bits per heavy atom. The van der Waals surface area contributed by atoms with Crippen LogP contribution in [-0.2, 0) is 4.79 Å². The first-order chi connectivity index (χ1) is 13.1. The number of carbonyl (C=O) groups is 1. The summed E-state index contributed by atoms with van der Waals surface area (Å²) in [4.78, 5) is 17.2. The van der Waals surface area contributed by atoms with Gasteiger partial charge in [0, 0.05) is 42.0 Å². The SMILES string of the molecule is CC(C(=O)Nc1ccc(Br)cc1)N1CCCN(c2ccc(C#N)cc2)CC1. The summed E-state index contributed by atoms with van der Waals surface area (Å²) in [6.45, 7) is 5.49. The van der Waals surface area contributed by atoms with Gasteiger partial charge < -0.3 is 10.2 Å². The number of hydrogen-bond acceptors (Lipinski definition) is 4. The van der Waals surface area contributed by atoms with E-state index in [9.17, 15) is 4.79 Å². The molecule has 0 spiro atoms. The summed E-state index contributed by atoms with van der Waals surface area (Å²) in [5.74, 6) is 0.0177. The van der Waals surface area contributed by atoms with Gasteiger partial charge in [-0.15, -0.1) is 0 Å². The fourth-order valence-electron chi connectivity index (χ4n) is 3.28. The third-order valence-electron chi connectivity index (χ3n) is 4.93. The van der Waals surface area contributed by atoms with Gasteiger partial charge in [-0.1, -0.05) is 15.9 Å². The second kappa shape index (κ2) is 9.03. The average Bonchev–Trinajstić information content (AvgIpc) is 2.95. The highest BCUT2D eigenvalue weighted by Crippen LogP contribution is 2.19. The quantitative estimate of drug-likeness (QED) is 0.805. The summed E-state index contributed by atoms with van der Waals surface area (Å²) in [6.07, 6.45) is 0.996. The Hall–Kier alpha value is -2.36. The van der Waals surface area contributed by atoms with E-state index in [0.29, 0.717) is 5.56 Å². The molecule has 1 heterocycles. The molecule has 5 nitrogen and oxygen atoms in total. The van der Waals surface area contributed by atoms with E-state index < -0.39 is 0 Å². The van der Waals surface area contributed by atoms with Gasteiger partial charge in [-0.2, -0.15) is 5.26 Å². The van der Waals surface area contributed by atoms with Crippen molar-refractivity contribution < 1.29 is 4.79 Å². The molecule has 27 heavy (non-hydrogen) atoms. The van der Waals surface area contributed by atoms with Crippen molar-refractivity contribution in [3.05, 3.63) is 58.6 Å². The van der Waals surface area contributed by atoms with Crippen molar-refractivity contribution in [3.8, 4) is 6.07 Å². The number of hydrogen-bond donors (Lipinski definition) is 1. The summed E-state index contributed by atoms with van der Waals surface area (Å²) >= 11 is 3.40. The minimum absolute atomic E-state index is 0.0177. The van der Waals surface area contributed by atoms with E-state index in [1.165, 1.54) is 0 Å². The molecule has 1 saturated heterocycles. The maximum atomic E-state index is 12.6. The molecule has 0 aromatic heterocycles. The van der Waals surface area contributed by atoms with Crippen molar-refractivity contribution in [2.75, 3.05) is 36.4 Å². The van der Waals surface area contributed by atoms with Crippen LogP contribution in [0, 0.1) is 11.3 Å². The summed E-state index contributed by atoms with van der Waals surface area (Å²) in [7, 11) is 0. The molecule has 140 valence electrons. The maximum Gasteiger partial charge on any atom is 0.241 e. The predicted molar refractivity (Wildman–Crippen MR) is 112 cm³/mol. The van der Waals surface area contributed by atoms with Gasteiger partial charge in [0.15, 0.2) is 0 Å². The minimum Gasteiger partial charge on any atom is -0.370 e. The van der Waals surface area contributed by atoms with Gasteiger partial charge >= 0.3 is 0 Å². The molecule has 0 bridgehead atoms. The van der Waals surface area contributed by atoms with Crippen molar-refractivity contribution in [2.24, 2.45) is 0 Å². The van der Waals surface area contributed by atoms with Gasteiger partial charge in [0.2, 0.25) is 5.91 Å².